The average Bonchev–Trinajstić information content (AvgIpc) is 2.60. The summed E-state index contributed by atoms with van der Waals surface area (Å²) in [7, 11) is -2.35. The van der Waals surface area contributed by atoms with Crippen LogP contribution in [0.25, 0.3) is 0 Å². The molecule has 0 saturated carbocycles. The summed E-state index contributed by atoms with van der Waals surface area (Å²) in [5, 5.41) is 5.49. The first-order chi connectivity index (χ1) is 13.5. The Morgan fingerprint density at radius 2 is 1.72 bits per heavy atom. The van der Waals surface area contributed by atoms with Crippen molar-refractivity contribution in [1.82, 2.24) is 0 Å². The number of carbonyl (C=O) groups excluding carboxylic acids is 2. The SMILES string of the molecule is COc1ccc(N([C@@H](C)C(=O)Nc2cccc(NC(C)=O)c2)S(C)(=O)=O)cc1Cl. The van der Waals surface area contributed by atoms with Crippen molar-refractivity contribution in [1.29, 1.82) is 0 Å². The van der Waals surface area contributed by atoms with E-state index < -0.39 is 22.0 Å². The number of nitrogens with one attached hydrogen (secondary N) is 2. The number of hydrogen-bond acceptors (Lipinski definition) is 5. The van der Waals surface area contributed by atoms with Crippen LogP contribution in [0.4, 0.5) is 17.1 Å². The molecule has 2 amide bonds. The molecule has 0 bridgehead atoms. The van der Waals surface area contributed by atoms with Crippen LogP contribution in [0.15, 0.2) is 42.5 Å². The zero-order chi connectivity index (χ0) is 21.8. The number of sulfonamides is 1. The Labute approximate surface area is 174 Å². The number of amides is 2. The smallest absolute Gasteiger partial charge is 0.247 e. The lowest BCUT2D eigenvalue weighted by Crippen LogP contribution is -2.45. The summed E-state index contributed by atoms with van der Waals surface area (Å²) in [5.74, 6) is -0.417. The zero-order valence-electron chi connectivity index (χ0n) is 16.4. The highest BCUT2D eigenvalue weighted by Gasteiger charge is 2.29. The van der Waals surface area contributed by atoms with Gasteiger partial charge in [-0.25, -0.2) is 8.42 Å². The second-order valence-electron chi connectivity index (χ2n) is 6.30. The van der Waals surface area contributed by atoms with E-state index in [1.54, 1.807) is 24.3 Å². The Balaban J connectivity index is 2.30. The molecule has 0 heterocycles. The molecule has 0 aliphatic rings. The van der Waals surface area contributed by atoms with E-state index in [-0.39, 0.29) is 16.6 Å². The van der Waals surface area contributed by atoms with Crippen LogP contribution in [0.2, 0.25) is 5.02 Å². The minimum atomic E-state index is -3.80. The third kappa shape index (κ3) is 5.85. The largest absolute Gasteiger partial charge is 0.495 e. The Hall–Kier alpha value is -2.78. The second-order valence-corrected chi connectivity index (χ2v) is 8.57. The Morgan fingerprint density at radius 3 is 2.24 bits per heavy atom. The van der Waals surface area contributed by atoms with Gasteiger partial charge in [-0.05, 0) is 43.3 Å². The molecule has 0 aliphatic carbocycles. The molecule has 8 nitrogen and oxygen atoms in total. The van der Waals surface area contributed by atoms with Crippen LogP contribution in [0, 0.1) is 0 Å². The van der Waals surface area contributed by atoms with Crippen LogP contribution in [0.3, 0.4) is 0 Å². The number of methoxy groups -OCH3 is 1. The van der Waals surface area contributed by atoms with Crippen LogP contribution >= 0.6 is 11.6 Å². The van der Waals surface area contributed by atoms with Crippen molar-refractivity contribution in [3.8, 4) is 5.75 Å². The van der Waals surface area contributed by atoms with Crippen molar-refractivity contribution in [2.45, 2.75) is 19.9 Å². The summed E-state index contributed by atoms with van der Waals surface area (Å²) >= 11 is 6.12. The first-order valence-electron chi connectivity index (χ1n) is 8.54. The fourth-order valence-corrected chi connectivity index (χ4v) is 4.14. The fraction of sp³-hybridized carbons (Fsp3) is 0.263. The van der Waals surface area contributed by atoms with Gasteiger partial charge in [0.25, 0.3) is 0 Å². The summed E-state index contributed by atoms with van der Waals surface area (Å²) in [6.07, 6.45) is 1.01. The van der Waals surface area contributed by atoms with Gasteiger partial charge in [-0.1, -0.05) is 17.7 Å². The predicted molar refractivity (Wildman–Crippen MR) is 114 cm³/mol. The molecule has 29 heavy (non-hydrogen) atoms. The van der Waals surface area contributed by atoms with Crippen molar-refractivity contribution >= 4 is 50.5 Å². The number of ether oxygens (including phenoxy) is 1. The van der Waals surface area contributed by atoms with Gasteiger partial charge < -0.3 is 15.4 Å². The van der Waals surface area contributed by atoms with Gasteiger partial charge in [-0.3, -0.25) is 13.9 Å². The average molecular weight is 440 g/mol. The van der Waals surface area contributed by atoms with E-state index in [1.807, 2.05) is 0 Å². The summed E-state index contributed by atoms with van der Waals surface area (Å²) in [4.78, 5) is 23.9. The quantitative estimate of drug-likeness (QED) is 0.689. The molecule has 1 atom stereocenters. The van der Waals surface area contributed by atoms with Gasteiger partial charge in [-0.15, -0.1) is 0 Å². The number of anilines is 3. The number of nitrogens with zero attached hydrogens (tertiary/aromatic N) is 1. The molecule has 2 aromatic rings. The van der Waals surface area contributed by atoms with Gasteiger partial charge in [-0.2, -0.15) is 0 Å². The molecule has 0 fully saturated rings. The van der Waals surface area contributed by atoms with Crippen LogP contribution in [0.5, 0.6) is 5.75 Å². The van der Waals surface area contributed by atoms with Gasteiger partial charge in [0.05, 0.1) is 24.1 Å². The maximum Gasteiger partial charge on any atom is 0.247 e. The topological polar surface area (TPSA) is 105 Å². The molecular formula is C19H22ClN3O5S. The lowest BCUT2D eigenvalue weighted by Gasteiger charge is -2.28. The minimum Gasteiger partial charge on any atom is -0.495 e. The molecule has 0 aromatic heterocycles. The van der Waals surface area contributed by atoms with Crippen LogP contribution in [-0.4, -0.2) is 39.6 Å². The first-order valence-corrected chi connectivity index (χ1v) is 10.8. The maximum absolute atomic E-state index is 12.8. The lowest BCUT2D eigenvalue weighted by molar-refractivity contribution is -0.117. The van der Waals surface area contributed by atoms with E-state index in [4.69, 9.17) is 16.3 Å². The summed E-state index contributed by atoms with van der Waals surface area (Å²) in [5.41, 5.74) is 1.15. The Morgan fingerprint density at radius 1 is 1.10 bits per heavy atom. The zero-order valence-corrected chi connectivity index (χ0v) is 18.0. The molecule has 0 saturated heterocycles. The van der Waals surface area contributed by atoms with E-state index in [9.17, 15) is 18.0 Å². The molecule has 0 aliphatic heterocycles. The second kappa shape index (κ2) is 9.15. The van der Waals surface area contributed by atoms with Crippen molar-refractivity contribution in [3.05, 3.63) is 47.5 Å². The summed E-state index contributed by atoms with van der Waals surface area (Å²) < 4.78 is 30.9. The van der Waals surface area contributed by atoms with Gasteiger partial charge in [0.15, 0.2) is 0 Å². The molecule has 2 rings (SSSR count). The maximum atomic E-state index is 12.8. The number of benzene rings is 2. The van der Waals surface area contributed by atoms with E-state index in [1.165, 1.54) is 39.2 Å². The van der Waals surface area contributed by atoms with Gasteiger partial charge in [0, 0.05) is 18.3 Å². The minimum absolute atomic E-state index is 0.217. The molecule has 156 valence electrons. The van der Waals surface area contributed by atoms with E-state index in [0.717, 1.165) is 10.6 Å². The molecule has 2 aromatic carbocycles. The molecule has 0 radical (unpaired) electrons. The number of carbonyl (C=O) groups is 2. The monoisotopic (exact) mass is 439 g/mol. The first kappa shape index (κ1) is 22.5. The Kier molecular flexibility index (Phi) is 7.10. The predicted octanol–water partition coefficient (Wildman–Crippen LogP) is 3.10. The number of halogens is 1. The highest BCUT2D eigenvalue weighted by atomic mass is 35.5. The van der Waals surface area contributed by atoms with Crippen LogP contribution in [-0.2, 0) is 19.6 Å². The van der Waals surface area contributed by atoms with E-state index in [0.29, 0.717) is 17.1 Å². The highest BCUT2D eigenvalue weighted by Crippen LogP contribution is 2.31. The van der Waals surface area contributed by atoms with E-state index in [2.05, 4.69) is 10.6 Å². The van der Waals surface area contributed by atoms with Crippen LogP contribution in [0.1, 0.15) is 13.8 Å². The molecule has 0 unspecified atom stereocenters. The van der Waals surface area contributed by atoms with Gasteiger partial charge >= 0.3 is 0 Å². The summed E-state index contributed by atoms with van der Waals surface area (Å²) in [6.45, 7) is 2.84. The van der Waals surface area contributed by atoms with Crippen molar-refractivity contribution < 1.29 is 22.7 Å². The number of rotatable bonds is 7. The lowest BCUT2D eigenvalue weighted by atomic mass is 10.2. The molecular weight excluding hydrogens is 418 g/mol. The van der Waals surface area contributed by atoms with Crippen molar-refractivity contribution in [3.63, 3.8) is 0 Å². The third-order valence-corrected chi connectivity index (χ3v) is 5.47. The van der Waals surface area contributed by atoms with Crippen LogP contribution < -0.4 is 19.7 Å². The third-order valence-electron chi connectivity index (χ3n) is 3.93. The normalized spacial score (nSPS) is 12.0. The van der Waals surface area contributed by atoms with Crippen molar-refractivity contribution in [2.75, 3.05) is 28.3 Å². The number of hydrogen-bond donors (Lipinski definition) is 2. The summed E-state index contributed by atoms with van der Waals surface area (Å²) in [6, 6.07) is 9.91. The fourth-order valence-electron chi connectivity index (χ4n) is 2.73. The molecule has 0 spiro atoms. The standard InChI is InChI=1S/C19H22ClN3O5S/c1-12(19(25)22-15-7-5-6-14(10-15)21-13(2)24)23(29(4,26)27)16-8-9-18(28-3)17(20)11-16/h5-12H,1-4H3,(H,21,24)(H,22,25)/t12-/m0/s1. The van der Waals surface area contributed by atoms with Crippen molar-refractivity contribution in [2.24, 2.45) is 0 Å². The highest BCUT2D eigenvalue weighted by molar-refractivity contribution is 7.92. The molecule has 2 N–H and O–H groups in total. The van der Waals surface area contributed by atoms with E-state index >= 15 is 0 Å². The Bertz CT molecular complexity index is 1030. The molecule has 10 heteroatoms. The van der Waals surface area contributed by atoms with Gasteiger partial charge in [0.1, 0.15) is 11.8 Å². The van der Waals surface area contributed by atoms with Gasteiger partial charge in [0.2, 0.25) is 21.8 Å².